The van der Waals surface area contributed by atoms with Crippen molar-refractivity contribution in [2.45, 2.75) is 225 Å². The fraction of sp³-hybridized carbons (Fsp3) is 0.571. The second-order valence-electron chi connectivity index (χ2n) is 23.6. The molecule has 82 heavy (non-hydrogen) atoms. The monoisotopic (exact) mass is 1130 g/mol. The standard InChI is InChI=1S/C70H100O12/c1-15-25-63(73)79-47-59(81-65(75)27-17-3)37-23-35-57(71)43-55-45-69(11,12)61(53(9)67(55)77)41-39-51(7)33-21-31-49(5)29-19-20-30-50(6)32-22-34-52(8)40-42-62-54(10)68(78)56(46-70(62,13)14)44-58(72)36-24-38-60(82-66(76)28-18-4)48-80-64(74)26-16-2/h19-22,29-34,39-42,55-56,59-60H,15-18,23-28,35-38,43-48H2,1-14H3/b20-19+,31-21+,32-22+,41-39+,42-40+,49-29+,50-30+,51-33+,52-34+/t55?,56?,59-,60-/m0/s1. The molecule has 12 heteroatoms. The Bertz CT molecular complexity index is 2380. The third kappa shape index (κ3) is 27.6. The zero-order valence-electron chi connectivity index (χ0n) is 52.4. The zero-order chi connectivity index (χ0) is 61.4. The van der Waals surface area contributed by atoms with E-state index in [-0.39, 0.29) is 110 Å². The molecule has 4 atom stereocenters. The number of hydrogen-bond donors (Lipinski definition) is 0. The average molecular weight is 1130 g/mol. The summed E-state index contributed by atoms with van der Waals surface area (Å²) >= 11 is 0. The van der Waals surface area contributed by atoms with Gasteiger partial charge in [0.15, 0.2) is 11.6 Å². The van der Waals surface area contributed by atoms with E-state index in [1.807, 2.05) is 154 Å². The van der Waals surface area contributed by atoms with E-state index in [1.165, 1.54) is 0 Å². The van der Waals surface area contributed by atoms with Crippen molar-refractivity contribution >= 4 is 47.0 Å². The molecule has 0 spiro atoms. The summed E-state index contributed by atoms with van der Waals surface area (Å²) in [5, 5.41) is 0. The van der Waals surface area contributed by atoms with Gasteiger partial charge in [-0.15, -0.1) is 0 Å². The van der Waals surface area contributed by atoms with E-state index in [9.17, 15) is 38.4 Å². The highest BCUT2D eigenvalue weighted by molar-refractivity contribution is 6.02. The van der Waals surface area contributed by atoms with Crippen molar-refractivity contribution in [3.05, 3.63) is 130 Å². The topological polar surface area (TPSA) is 173 Å². The lowest BCUT2D eigenvalue weighted by Gasteiger charge is -2.36. The fourth-order valence-corrected chi connectivity index (χ4v) is 10.3. The van der Waals surface area contributed by atoms with Gasteiger partial charge in [-0.2, -0.15) is 0 Å². The first-order valence-electron chi connectivity index (χ1n) is 30.1. The molecule has 0 heterocycles. The first-order chi connectivity index (χ1) is 38.8. The normalized spacial score (nSPS) is 19.0. The van der Waals surface area contributed by atoms with Crippen molar-refractivity contribution in [1.82, 2.24) is 0 Å². The van der Waals surface area contributed by atoms with E-state index in [4.69, 9.17) is 18.9 Å². The van der Waals surface area contributed by atoms with Gasteiger partial charge in [0.2, 0.25) is 0 Å². The molecule has 2 aliphatic rings. The van der Waals surface area contributed by atoms with Crippen LogP contribution in [-0.4, -0.2) is 72.4 Å². The second-order valence-corrected chi connectivity index (χ2v) is 23.6. The van der Waals surface area contributed by atoms with Crippen LogP contribution in [0, 0.1) is 22.7 Å². The predicted octanol–water partition coefficient (Wildman–Crippen LogP) is 15.8. The largest absolute Gasteiger partial charge is 0.462 e. The Balaban J connectivity index is 1.95. The highest BCUT2D eigenvalue weighted by Crippen LogP contribution is 2.45. The lowest BCUT2D eigenvalue weighted by molar-refractivity contribution is -0.159. The smallest absolute Gasteiger partial charge is 0.306 e. The molecule has 0 saturated heterocycles. The van der Waals surface area contributed by atoms with Gasteiger partial charge in [-0.25, -0.2) is 0 Å². The highest BCUT2D eigenvalue weighted by Gasteiger charge is 2.40. The molecule has 0 aromatic carbocycles. The van der Waals surface area contributed by atoms with Crippen LogP contribution >= 0.6 is 0 Å². The lowest BCUT2D eigenvalue weighted by atomic mass is 9.66. The molecule has 0 bridgehead atoms. The van der Waals surface area contributed by atoms with Gasteiger partial charge < -0.3 is 18.9 Å². The predicted molar refractivity (Wildman–Crippen MR) is 328 cm³/mol. The summed E-state index contributed by atoms with van der Waals surface area (Å²) in [4.78, 5) is 102. The van der Waals surface area contributed by atoms with Crippen LogP contribution in [0.5, 0.6) is 0 Å². The third-order valence-electron chi connectivity index (χ3n) is 14.7. The van der Waals surface area contributed by atoms with Crippen LogP contribution < -0.4 is 0 Å². The van der Waals surface area contributed by atoms with Gasteiger partial charge in [0.05, 0.1) is 0 Å². The molecular weight excluding hydrogens is 1030 g/mol. The molecule has 0 N–H and O–H groups in total. The SMILES string of the molecule is CCCC(=O)OC[C@H](CCCC(=O)CC1CC(C)(C)C(/C=C/C(C)=C/C=C/C(C)=C/C=C/C=C(C)/C=C/C=C(C)/C=C/C2=C(C)C(=O)C(CC(=O)CCC[C@@H](COC(=O)CCC)OC(=O)CCC)CC2(C)C)=C(C)C1=O)OC(=O)CCC. The number of allylic oxidation sites excluding steroid dienone is 22. The summed E-state index contributed by atoms with van der Waals surface area (Å²) in [6.45, 7) is 27.8. The number of Topliss-reactive ketones (excluding diaryl/α,β-unsaturated/α-hetero) is 4. The van der Waals surface area contributed by atoms with Gasteiger partial charge >= 0.3 is 23.9 Å². The molecule has 452 valence electrons. The fourth-order valence-electron chi connectivity index (χ4n) is 10.3. The summed E-state index contributed by atoms with van der Waals surface area (Å²) in [5.74, 6) is -2.19. The van der Waals surface area contributed by atoms with Crippen LogP contribution in [0.15, 0.2) is 130 Å². The van der Waals surface area contributed by atoms with Gasteiger partial charge in [0.25, 0.3) is 0 Å². The van der Waals surface area contributed by atoms with Crippen LogP contribution in [-0.2, 0) is 57.3 Å². The molecule has 2 unspecified atom stereocenters. The maximum atomic E-state index is 13.6. The van der Waals surface area contributed by atoms with Crippen LogP contribution in [0.3, 0.4) is 0 Å². The molecule has 0 amide bonds. The number of esters is 4. The molecule has 0 saturated carbocycles. The lowest BCUT2D eigenvalue weighted by Crippen LogP contribution is -2.33. The van der Waals surface area contributed by atoms with Crippen LogP contribution in [0.1, 0.15) is 213 Å². The summed E-state index contributed by atoms with van der Waals surface area (Å²) in [7, 11) is 0. The van der Waals surface area contributed by atoms with Gasteiger partial charge in [-0.1, -0.05) is 163 Å². The van der Waals surface area contributed by atoms with E-state index >= 15 is 0 Å². The molecule has 2 rings (SSSR count). The highest BCUT2D eigenvalue weighted by atomic mass is 16.6. The van der Waals surface area contributed by atoms with Crippen molar-refractivity contribution in [2.75, 3.05) is 13.2 Å². The number of ketones is 4. The zero-order valence-corrected chi connectivity index (χ0v) is 52.4. The van der Waals surface area contributed by atoms with Crippen molar-refractivity contribution in [3.63, 3.8) is 0 Å². The summed E-state index contributed by atoms with van der Waals surface area (Å²) in [6.07, 6.45) is 34.5. The number of carbonyl (C=O) groups excluding carboxylic acids is 8. The van der Waals surface area contributed by atoms with Crippen molar-refractivity contribution in [3.8, 4) is 0 Å². The van der Waals surface area contributed by atoms with E-state index in [0.29, 0.717) is 88.2 Å². The van der Waals surface area contributed by atoms with E-state index in [1.54, 1.807) is 0 Å². The van der Waals surface area contributed by atoms with Gasteiger partial charge in [-0.05, 0) is 139 Å². The minimum Gasteiger partial charge on any atom is -0.462 e. The Morgan fingerprint density at radius 3 is 1.13 bits per heavy atom. The number of carbonyl (C=O) groups is 8. The molecule has 0 aromatic rings. The summed E-state index contributed by atoms with van der Waals surface area (Å²) in [5.41, 5.74) is 6.87. The maximum absolute atomic E-state index is 13.6. The molecule has 0 aromatic heterocycles. The number of hydrogen-bond acceptors (Lipinski definition) is 12. The van der Waals surface area contributed by atoms with E-state index in [2.05, 4.69) is 27.7 Å². The Morgan fingerprint density at radius 1 is 0.476 bits per heavy atom. The minimum absolute atomic E-state index is 0.00129. The first kappa shape index (κ1) is 71.8. The second kappa shape index (κ2) is 37.7. The van der Waals surface area contributed by atoms with Gasteiger partial charge in [0, 0.05) is 63.2 Å². The third-order valence-corrected chi connectivity index (χ3v) is 14.7. The average Bonchev–Trinajstić information content (AvgIpc) is 3.20. The molecule has 12 nitrogen and oxygen atoms in total. The van der Waals surface area contributed by atoms with Crippen molar-refractivity contribution in [2.24, 2.45) is 22.7 Å². The summed E-state index contributed by atoms with van der Waals surface area (Å²) in [6, 6.07) is 0. The molecule has 0 fully saturated rings. The number of ether oxygens (including phenoxy) is 4. The number of rotatable bonds is 36. The first-order valence-corrected chi connectivity index (χ1v) is 30.1. The quantitative estimate of drug-likeness (QED) is 0.0330. The van der Waals surface area contributed by atoms with Crippen LogP contribution in [0.25, 0.3) is 0 Å². The maximum Gasteiger partial charge on any atom is 0.306 e. The van der Waals surface area contributed by atoms with Crippen molar-refractivity contribution in [1.29, 1.82) is 0 Å². The van der Waals surface area contributed by atoms with Gasteiger partial charge in [0.1, 0.15) is 37.0 Å². The Morgan fingerprint density at radius 2 is 0.793 bits per heavy atom. The molecule has 2 aliphatic carbocycles. The Hall–Kier alpha value is -6.30. The Kier molecular flexibility index (Phi) is 33.0. The van der Waals surface area contributed by atoms with Crippen LogP contribution in [0.4, 0.5) is 0 Å². The van der Waals surface area contributed by atoms with Crippen LogP contribution in [0.2, 0.25) is 0 Å². The molecule has 0 aliphatic heterocycles. The summed E-state index contributed by atoms with van der Waals surface area (Å²) < 4.78 is 21.7. The van der Waals surface area contributed by atoms with Crippen molar-refractivity contribution < 1.29 is 57.3 Å². The van der Waals surface area contributed by atoms with E-state index < -0.39 is 24.0 Å². The Labute approximate surface area is 492 Å². The van der Waals surface area contributed by atoms with E-state index in [0.717, 1.165) is 33.4 Å². The molecule has 0 radical (unpaired) electrons. The minimum atomic E-state index is -0.609. The molecular formula is C70H100O12. The van der Waals surface area contributed by atoms with Gasteiger partial charge in [-0.3, -0.25) is 38.4 Å².